The SMILES string of the molecule is Cc1ccc(Cl)c(OC(C)C(=O)NCC(N2CCNCC2)C(F)(F)F)c1.Cl. The molecule has 2 unspecified atom stereocenters. The molecule has 2 atom stereocenters. The molecule has 2 rings (SSSR count). The van der Waals surface area contributed by atoms with E-state index in [4.69, 9.17) is 16.3 Å². The van der Waals surface area contributed by atoms with E-state index in [2.05, 4.69) is 10.6 Å². The second-order valence-corrected chi connectivity index (χ2v) is 6.69. The summed E-state index contributed by atoms with van der Waals surface area (Å²) in [6, 6.07) is 3.39. The van der Waals surface area contributed by atoms with Crippen LogP contribution in [0.2, 0.25) is 5.02 Å². The Balaban J connectivity index is 0.00000364. The average Bonchev–Trinajstić information content (AvgIpc) is 2.58. The average molecular weight is 430 g/mol. The predicted octanol–water partition coefficient (Wildman–Crippen LogP) is 2.79. The number of nitrogens with one attached hydrogen (secondary N) is 2. The van der Waals surface area contributed by atoms with E-state index in [1.54, 1.807) is 18.2 Å². The first-order chi connectivity index (χ1) is 12.2. The van der Waals surface area contributed by atoms with E-state index >= 15 is 0 Å². The zero-order valence-corrected chi connectivity index (χ0v) is 16.7. The van der Waals surface area contributed by atoms with Gasteiger partial charge in [0.1, 0.15) is 11.8 Å². The van der Waals surface area contributed by atoms with Gasteiger partial charge in [-0.05, 0) is 31.5 Å². The summed E-state index contributed by atoms with van der Waals surface area (Å²) in [6.45, 7) is 4.35. The van der Waals surface area contributed by atoms with Crippen molar-refractivity contribution in [2.75, 3.05) is 32.7 Å². The molecule has 1 heterocycles. The number of amides is 1. The molecule has 0 aromatic heterocycles. The molecule has 2 N–H and O–H groups in total. The third-order valence-corrected chi connectivity index (χ3v) is 4.51. The van der Waals surface area contributed by atoms with Gasteiger partial charge in [-0.3, -0.25) is 9.69 Å². The molecule has 1 fully saturated rings. The van der Waals surface area contributed by atoms with Gasteiger partial charge in [0.15, 0.2) is 6.10 Å². The zero-order valence-electron chi connectivity index (χ0n) is 15.1. The number of halogens is 5. The number of piperazine rings is 1. The maximum absolute atomic E-state index is 13.3. The molecule has 154 valence electrons. The van der Waals surface area contributed by atoms with Crippen molar-refractivity contribution in [2.24, 2.45) is 0 Å². The van der Waals surface area contributed by atoms with Crippen LogP contribution in [-0.2, 0) is 4.79 Å². The van der Waals surface area contributed by atoms with Crippen molar-refractivity contribution in [1.29, 1.82) is 0 Å². The third kappa shape index (κ3) is 7.03. The highest BCUT2D eigenvalue weighted by Gasteiger charge is 2.44. The lowest BCUT2D eigenvalue weighted by Gasteiger charge is -2.36. The van der Waals surface area contributed by atoms with Crippen LogP contribution < -0.4 is 15.4 Å². The van der Waals surface area contributed by atoms with Crippen molar-refractivity contribution in [1.82, 2.24) is 15.5 Å². The first kappa shape index (κ1) is 23.8. The topological polar surface area (TPSA) is 53.6 Å². The minimum atomic E-state index is -4.42. The smallest absolute Gasteiger partial charge is 0.405 e. The van der Waals surface area contributed by atoms with Crippen molar-refractivity contribution in [3.63, 3.8) is 0 Å². The summed E-state index contributed by atoms with van der Waals surface area (Å²) >= 11 is 6.02. The third-order valence-electron chi connectivity index (χ3n) is 4.20. The highest BCUT2D eigenvalue weighted by molar-refractivity contribution is 6.32. The van der Waals surface area contributed by atoms with Crippen LogP contribution in [-0.4, -0.2) is 61.9 Å². The van der Waals surface area contributed by atoms with E-state index < -0.39 is 30.8 Å². The quantitative estimate of drug-likeness (QED) is 0.729. The highest BCUT2D eigenvalue weighted by Crippen LogP contribution is 2.27. The number of hydrogen-bond acceptors (Lipinski definition) is 4. The largest absolute Gasteiger partial charge is 0.479 e. The van der Waals surface area contributed by atoms with Crippen LogP contribution >= 0.6 is 24.0 Å². The lowest BCUT2D eigenvalue weighted by atomic mass is 10.2. The molecule has 0 spiro atoms. The monoisotopic (exact) mass is 429 g/mol. The molecular formula is C17H24Cl2F3N3O2. The van der Waals surface area contributed by atoms with Crippen LogP contribution in [0.4, 0.5) is 13.2 Å². The first-order valence-electron chi connectivity index (χ1n) is 8.40. The van der Waals surface area contributed by atoms with Crippen LogP contribution in [0.5, 0.6) is 5.75 Å². The Kier molecular flexibility index (Phi) is 9.14. The van der Waals surface area contributed by atoms with E-state index in [1.165, 1.54) is 11.8 Å². The van der Waals surface area contributed by atoms with Gasteiger partial charge in [-0.25, -0.2) is 0 Å². The van der Waals surface area contributed by atoms with Crippen LogP contribution in [0, 0.1) is 6.92 Å². The molecule has 1 aliphatic rings. The number of ether oxygens (including phenoxy) is 1. The van der Waals surface area contributed by atoms with E-state index in [0.717, 1.165) is 5.56 Å². The summed E-state index contributed by atoms with van der Waals surface area (Å²) in [7, 11) is 0. The molecule has 1 aromatic carbocycles. The second kappa shape index (κ2) is 10.4. The number of rotatable bonds is 6. The first-order valence-corrected chi connectivity index (χ1v) is 8.78. The Morgan fingerprint density at radius 2 is 2.00 bits per heavy atom. The molecule has 1 aliphatic heterocycles. The van der Waals surface area contributed by atoms with Crippen molar-refractivity contribution < 1.29 is 22.7 Å². The van der Waals surface area contributed by atoms with Crippen LogP contribution in [0.15, 0.2) is 18.2 Å². The summed E-state index contributed by atoms with van der Waals surface area (Å²) < 4.78 is 45.5. The molecule has 0 saturated carbocycles. The van der Waals surface area contributed by atoms with E-state index in [-0.39, 0.29) is 25.5 Å². The van der Waals surface area contributed by atoms with Gasteiger partial charge in [0, 0.05) is 32.7 Å². The molecule has 1 aromatic rings. The number of carbonyl (C=O) groups excluding carboxylic acids is 1. The number of benzene rings is 1. The van der Waals surface area contributed by atoms with Crippen molar-refractivity contribution in [2.45, 2.75) is 32.2 Å². The molecule has 27 heavy (non-hydrogen) atoms. The Morgan fingerprint density at radius 3 is 2.59 bits per heavy atom. The Morgan fingerprint density at radius 1 is 1.37 bits per heavy atom. The van der Waals surface area contributed by atoms with E-state index in [0.29, 0.717) is 23.9 Å². The number of carbonyl (C=O) groups is 1. The normalized spacial score (nSPS) is 17.6. The van der Waals surface area contributed by atoms with E-state index in [1.807, 2.05) is 6.92 Å². The summed E-state index contributed by atoms with van der Waals surface area (Å²) in [6.07, 6.45) is -5.39. The Bertz CT molecular complexity index is 626. The summed E-state index contributed by atoms with van der Waals surface area (Å²) in [5.41, 5.74) is 0.896. The molecule has 10 heteroatoms. The van der Waals surface area contributed by atoms with Gasteiger partial charge in [-0.1, -0.05) is 17.7 Å². The van der Waals surface area contributed by atoms with Crippen LogP contribution in [0.3, 0.4) is 0 Å². The van der Waals surface area contributed by atoms with Gasteiger partial charge in [0.2, 0.25) is 0 Å². The summed E-state index contributed by atoms with van der Waals surface area (Å²) in [5.74, 6) is -0.296. The number of aryl methyl sites for hydroxylation is 1. The molecule has 0 bridgehead atoms. The Labute approximate surface area is 168 Å². The van der Waals surface area contributed by atoms with Gasteiger partial charge >= 0.3 is 6.18 Å². The maximum Gasteiger partial charge on any atom is 0.405 e. The molecule has 0 radical (unpaired) electrons. The molecule has 5 nitrogen and oxygen atoms in total. The summed E-state index contributed by atoms with van der Waals surface area (Å²) in [4.78, 5) is 13.5. The minimum Gasteiger partial charge on any atom is -0.479 e. The van der Waals surface area contributed by atoms with Crippen molar-refractivity contribution >= 4 is 29.9 Å². The lowest BCUT2D eigenvalue weighted by Crippen LogP contribution is -2.58. The van der Waals surface area contributed by atoms with Crippen LogP contribution in [0.1, 0.15) is 12.5 Å². The fraction of sp³-hybridized carbons (Fsp3) is 0.588. The molecule has 0 aliphatic carbocycles. The fourth-order valence-electron chi connectivity index (χ4n) is 2.73. The zero-order chi connectivity index (χ0) is 19.3. The highest BCUT2D eigenvalue weighted by atomic mass is 35.5. The van der Waals surface area contributed by atoms with Crippen LogP contribution in [0.25, 0.3) is 0 Å². The van der Waals surface area contributed by atoms with Gasteiger partial charge in [-0.2, -0.15) is 13.2 Å². The van der Waals surface area contributed by atoms with Crippen molar-refractivity contribution in [3.05, 3.63) is 28.8 Å². The standard InChI is InChI=1S/C17H23ClF3N3O2.ClH/c1-11-3-4-13(18)14(9-11)26-12(2)16(25)23-10-15(17(19,20)21)24-7-5-22-6-8-24;/h3-4,9,12,15,22H,5-8,10H2,1-2H3,(H,23,25);1H. The van der Waals surface area contributed by atoms with Gasteiger partial charge in [-0.15, -0.1) is 12.4 Å². The molecule has 1 amide bonds. The van der Waals surface area contributed by atoms with E-state index in [9.17, 15) is 18.0 Å². The number of alkyl halides is 3. The number of hydrogen-bond donors (Lipinski definition) is 2. The Hall–Kier alpha value is -1.22. The van der Waals surface area contributed by atoms with Gasteiger partial charge < -0.3 is 15.4 Å². The molecule has 1 saturated heterocycles. The maximum atomic E-state index is 13.3. The minimum absolute atomic E-state index is 0. The number of nitrogens with zero attached hydrogens (tertiary/aromatic N) is 1. The van der Waals surface area contributed by atoms with Gasteiger partial charge in [0.25, 0.3) is 5.91 Å². The summed E-state index contributed by atoms with van der Waals surface area (Å²) in [5, 5.41) is 5.70. The predicted molar refractivity (Wildman–Crippen MR) is 101 cm³/mol. The molecular weight excluding hydrogens is 406 g/mol. The fourth-order valence-corrected chi connectivity index (χ4v) is 2.89. The second-order valence-electron chi connectivity index (χ2n) is 6.28. The van der Waals surface area contributed by atoms with Gasteiger partial charge in [0.05, 0.1) is 5.02 Å². The lowest BCUT2D eigenvalue weighted by molar-refractivity contribution is -0.184. The van der Waals surface area contributed by atoms with Crippen molar-refractivity contribution in [3.8, 4) is 5.75 Å².